The molecule has 27 heavy (non-hydrogen) atoms. The van der Waals surface area contributed by atoms with Crippen LogP contribution in [0.25, 0.3) is 10.4 Å². The monoisotopic (exact) mass is 389 g/mol. The fourth-order valence-electron chi connectivity index (χ4n) is 2.84. The summed E-state index contributed by atoms with van der Waals surface area (Å²) < 4.78 is 20.4. The van der Waals surface area contributed by atoms with E-state index in [4.69, 9.17) is 24.5 Å². The van der Waals surface area contributed by atoms with Gasteiger partial charge in [-0.25, -0.2) is 0 Å². The third-order valence-corrected chi connectivity index (χ3v) is 4.05. The molecule has 0 spiro atoms. The van der Waals surface area contributed by atoms with Gasteiger partial charge in [-0.05, 0) is 5.53 Å². The van der Waals surface area contributed by atoms with Gasteiger partial charge in [0.1, 0.15) is 6.61 Å². The van der Waals surface area contributed by atoms with Crippen LogP contribution in [-0.2, 0) is 33.3 Å². The lowest BCUT2D eigenvalue weighted by atomic mass is 9.84. The molecule has 12 heteroatoms. The summed E-state index contributed by atoms with van der Waals surface area (Å²) in [6, 6.07) is -1.12. The van der Waals surface area contributed by atoms with Gasteiger partial charge in [-0.2, -0.15) is 0 Å². The molecule has 1 heterocycles. The number of hydrogen-bond acceptors (Lipinski definition) is 10. The summed E-state index contributed by atoms with van der Waals surface area (Å²) in [5, 5.41) is 23.8. The second-order valence-corrected chi connectivity index (χ2v) is 6.04. The van der Waals surface area contributed by atoms with Crippen LogP contribution in [0.4, 0.5) is 0 Å². The van der Waals surface area contributed by atoms with Crippen molar-refractivity contribution in [2.45, 2.75) is 38.7 Å². The van der Waals surface area contributed by atoms with Gasteiger partial charge < -0.3 is 29.2 Å². The molecule has 1 aliphatic rings. The summed E-state index contributed by atoms with van der Waals surface area (Å²) in [5.41, 5.74) is 8.69. The Morgan fingerprint density at radius 2 is 1.70 bits per heavy atom. The van der Waals surface area contributed by atoms with Gasteiger partial charge in [-0.1, -0.05) is 5.11 Å². The molecule has 1 rings (SSSR count). The van der Waals surface area contributed by atoms with Crippen molar-refractivity contribution in [1.29, 1.82) is 0 Å². The Morgan fingerprint density at radius 3 is 2.19 bits per heavy atom. The summed E-state index contributed by atoms with van der Waals surface area (Å²) in [4.78, 5) is 36.2. The minimum Gasteiger partial charge on any atom is -0.465 e. The maximum atomic E-state index is 11.2. The first-order valence-corrected chi connectivity index (χ1v) is 8.10. The highest BCUT2D eigenvalue weighted by atomic mass is 16.7. The van der Waals surface area contributed by atoms with Crippen LogP contribution in [0.5, 0.6) is 0 Å². The summed E-state index contributed by atoms with van der Waals surface area (Å²) >= 11 is 0. The van der Waals surface area contributed by atoms with Crippen LogP contribution in [0.1, 0.15) is 20.8 Å². The molecule has 0 aromatic heterocycles. The number of carbonyl (C=O) groups is 3. The van der Waals surface area contributed by atoms with Gasteiger partial charge in [-0.3, -0.25) is 14.4 Å². The van der Waals surface area contributed by atoms with Gasteiger partial charge in [0.15, 0.2) is 0 Å². The van der Waals surface area contributed by atoms with E-state index in [-0.39, 0.29) is 13.2 Å². The Morgan fingerprint density at radius 1 is 1.15 bits per heavy atom. The fraction of sp³-hybridized carbons (Fsp3) is 0.800. The number of hydrogen-bond donors (Lipinski definition) is 2. The maximum Gasteiger partial charge on any atom is 0.302 e. The number of ether oxygens (including phenoxy) is 4. The van der Waals surface area contributed by atoms with Crippen LogP contribution in [0.15, 0.2) is 5.11 Å². The molecular formula is C15H23N3O9. The normalized spacial score (nSPS) is 28.0. The van der Waals surface area contributed by atoms with Crippen molar-refractivity contribution < 1.29 is 43.5 Å². The van der Waals surface area contributed by atoms with E-state index in [2.05, 4.69) is 10.0 Å². The number of nitrogens with zero attached hydrogens (tertiary/aromatic N) is 3. The third-order valence-electron chi connectivity index (χ3n) is 4.05. The van der Waals surface area contributed by atoms with Crippen LogP contribution in [-0.4, -0.2) is 72.5 Å². The Hall–Kier alpha value is -2.40. The first-order valence-electron chi connectivity index (χ1n) is 8.10. The fourth-order valence-corrected chi connectivity index (χ4v) is 2.84. The van der Waals surface area contributed by atoms with Crippen molar-refractivity contribution in [3.63, 3.8) is 0 Å². The molecule has 152 valence electrons. The maximum absolute atomic E-state index is 11.2. The van der Waals surface area contributed by atoms with Crippen LogP contribution in [0.3, 0.4) is 0 Å². The molecule has 2 N–H and O–H groups in total. The minimum atomic E-state index is -2.12. The minimum absolute atomic E-state index is 0.272. The lowest BCUT2D eigenvalue weighted by Gasteiger charge is -2.29. The molecule has 1 unspecified atom stereocenters. The van der Waals surface area contributed by atoms with Crippen LogP contribution in [0, 0.1) is 11.8 Å². The topological polar surface area (TPSA) is 177 Å². The number of esters is 3. The number of aliphatic hydroxyl groups excluding tert-OH is 1. The standard InChI is InChI=1S/C15H23N3O9/c1-8(20)24-5-11-12(6-25-9(2)21)15(23,7-26-10(3)22)27-14(11)13(4-19)17-18-16/h11-14,19,23H,4-7H2,1-3H3/t11-,12+,13-,14-,15?/m1/s1. The number of azide groups is 1. The first kappa shape index (κ1) is 22.6. The molecule has 1 aliphatic heterocycles. The molecule has 0 saturated carbocycles. The molecule has 1 fully saturated rings. The van der Waals surface area contributed by atoms with Crippen LogP contribution in [0.2, 0.25) is 0 Å². The Labute approximate surface area is 155 Å². The van der Waals surface area contributed by atoms with Gasteiger partial charge in [-0.15, -0.1) is 0 Å². The first-order chi connectivity index (χ1) is 12.6. The van der Waals surface area contributed by atoms with Crippen molar-refractivity contribution in [1.82, 2.24) is 0 Å². The Kier molecular flexibility index (Phi) is 8.44. The molecule has 0 aliphatic carbocycles. The van der Waals surface area contributed by atoms with Crippen molar-refractivity contribution in [3.8, 4) is 0 Å². The van der Waals surface area contributed by atoms with Gasteiger partial charge in [0.05, 0.1) is 37.9 Å². The Balaban J connectivity index is 3.23. The lowest BCUT2D eigenvalue weighted by molar-refractivity contribution is -0.244. The highest BCUT2D eigenvalue weighted by Gasteiger charge is 2.57. The molecule has 1 saturated heterocycles. The Bertz CT molecular complexity index is 607. The zero-order valence-corrected chi connectivity index (χ0v) is 15.2. The zero-order valence-electron chi connectivity index (χ0n) is 15.2. The smallest absolute Gasteiger partial charge is 0.302 e. The molecule has 0 amide bonds. The second-order valence-electron chi connectivity index (χ2n) is 6.04. The summed E-state index contributed by atoms with van der Waals surface area (Å²) in [5.74, 6) is -5.86. The van der Waals surface area contributed by atoms with Gasteiger partial charge in [0.2, 0.25) is 5.79 Å². The zero-order chi connectivity index (χ0) is 20.6. The predicted molar refractivity (Wildman–Crippen MR) is 86.7 cm³/mol. The van der Waals surface area contributed by atoms with Crippen LogP contribution >= 0.6 is 0 Å². The van der Waals surface area contributed by atoms with E-state index in [9.17, 15) is 24.6 Å². The van der Waals surface area contributed by atoms with Gasteiger partial charge in [0, 0.05) is 31.6 Å². The molecule has 0 radical (unpaired) electrons. The highest BCUT2D eigenvalue weighted by Crippen LogP contribution is 2.42. The van der Waals surface area contributed by atoms with Crippen molar-refractivity contribution in [2.24, 2.45) is 17.0 Å². The van der Waals surface area contributed by atoms with E-state index < -0.39 is 60.9 Å². The van der Waals surface area contributed by atoms with E-state index in [0.29, 0.717) is 0 Å². The molecule has 0 aromatic rings. The van der Waals surface area contributed by atoms with E-state index in [1.807, 2.05) is 0 Å². The summed E-state index contributed by atoms with van der Waals surface area (Å²) in [6.07, 6.45) is -1.09. The van der Waals surface area contributed by atoms with E-state index in [1.54, 1.807) is 0 Å². The molecule has 0 aromatic carbocycles. The predicted octanol–water partition coefficient (Wildman–Crippen LogP) is -0.333. The number of carbonyl (C=O) groups excluding carboxylic acids is 3. The SMILES string of the molecule is CC(=O)OC[C@H]1[C@H]([C@@H](CO)N=[N+]=[N-])OC(O)(COC(C)=O)[C@H]1COC(C)=O. The number of aliphatic hydroxyl groups is 2. The molecule has 5 atom stereocenters. The molecular weight excluding hydrogens is 366 g/mol. The van der Waals surface area contributed by atoms with Crippen molar-refractivity contribution in [2.75, 3.05) is 26.4 Å². The number of rotatable bonds is 9. The highest BCUT2D eigenvalue weighted by molar-refractivity contribution is 5.66. The van der Waals surface area contributed by atoms with Crippen molar-refractivity contribution >= 4 is 17.9 Å². The molecule has 12 nitrogen and oxygen atoms in total. The average Bonchev–Trinajstić information content (AvgIpc) is 2.86. The van der Waals surface area contributed by atoms with E-state index >= 15 is 0 Å². The van der Waals surface area contributed by atoms with Gasteiger partial charge in [0.25, 0.3) is 0 Å². The van der Waals surface area contributed by atoms with E-state index in [0.717, 1.165) is 13.8 Å². The van der Waals surface area contributed by atoms with E-state index in [1.165, 1.54) is 6.92 Å². The third kappa shape index (κ3) is 6.36. The lowest BCUT2D eigenvalue weighted by Crippen LogP contribution is -2.45. The quantitative estimate of drug-likeness (QED) is 0.175. The molecule has 0 bridgehead atoms. The van der Waals surface area contributed by atoms with Crippen LogP contribution < -0.4 is 0 Å². The average molecular weight is 389 g/mol. The summed E-state index contributed by atoms with van der Waals surface area (Å²) in [6.45, 7) is 1.63. The summed E-state index contributed by atoms with van der Waals surface area (Å²) in [7, 11) is 0. The van der Waals surface area contributed by atoms with Crippen molar-refractivity contribution in [3.05, 3.63) is 10.4 Å². The largest absolute Gasteiger partial charge is 0.465 e. The second kappa shape index (κ2) is 10.1. The van der Waals surface area contributed by atoms with Gasteiger partial charge >= 0.3 is 17.9 Å².